The van der Waals surface area contributed by atoms with Crippen molar-refractivity contribution in [2.45, 2.75) is 25.4 Å². The first-order chi connectivity index (χ1) is 11.5. The molecule has 1 aliphatic carbocycles. The molecule has 1 fully saturated rings. The zero-order chi connectivity index (χ0) is 17.1. The van der Waals surface area contributed by atoms with Crippen molar-refractivity contribution in [2.75, 3.05) is 5.32 Å². The van der Waals surface area contributed by atoms with E-state index in [9.17, 15) is 19.3 Å². The molecule has 3 rings (SSSR count). The summed E-state index contributed by atoms with van der Waals surface area (Å²) in [7, 11) is 0. The minimum absolute atomic E-state index is 0.115. The number of amides is 1. The number of rotatable bonds is 6. The Hall–Kier alpha value is -2.96. The molecular weight excluding hydrogens is 313 g/mol. The first-order valence-electron chi connectivity index (χ1n) is 7.60. The van der Waals surface area contributed by atoms with E-state index in [-0.39, 0.29) is 29.7 Å². The molecule has 2 N–H and O–H groups in total. The summed E-state index contributed by atoms with van der Waals surface area (Å²) in [6.07, 6.45) is 1.99. The van der Waals surface area contributed by atoms with Gasteiger partial charge in [0.05, 0.1) is 4.92 Å². The largest absolute Gasteiger partial charge is 0.377 e. The SMILES string of the molecule is O=C(NCc1ccc(F)cc1)c1ccc(NC2CC2)c([N+](=O)[O-])c1. The van der Waals surface area contributed by atoms with Gasteiger partial charge in [0.15, 0.2) is 0 Å². The van der Waals surface area contributed by atoms with Crippen LogP contribution in [0.3, 0.4) is 0 Å². The number of nitrogens with zero attached hydrogens (tertiary/aromatic N) is 1. The lowest BCUT2D eigenvalue weighted by atomic mass is 10.1. The predicted molar refractivity (Wildman–Crippen MR) is 87.3 cm³/mol. The molecule has 0 unspecified atom stereocenters. The van der Waals surface area contributed by atoms with Gasteiger partial charge >= 0.3 is 0 Å². The third-order valence-corrected chi connectivity index (χ3v) is 3.76. The van der Waals surface area contributed by atoms with Crippen LogP contribution in [0.15, 0.2) is 42.5 Å². The van der Waals surface area contributed by atoms with E-state index in [0.717, 1.165) is 18.4 Å². The van der Waals surface area contributed by atoms with Crippen molar-refractivity contribution in [1.82, 2.24) is 5.32 Å². The number of halogens is 1. The molecule has 124 valence electrons. The summed E-state index contributed by atoms with van der Waals surface area (Å²) in [5.74, 6) is -0.764. The quantitative estimate of drug-likeness (QED) is 0.629. The second-order valence-electron chi connectivity index (χ2n) is 5.72. The van der Waals surface area contributed by atoms with Crippen molar-refractivity contribution in [2.24, 2.45) is 0 Å². The lowest BCUT2D eigenvalue weighted by Crippen LogP contribution is -2.23. The van der Waals surface area contributed by atoms with Crippen LogP contribution in [-0.4, -0.2) is 16.9 Å². The van der Waals surface area contributed by atoms with E-state index in [1.807, 2.05) is 0 Å². The first-order valence-corrected chi connectivity index (χ1v) is 7.60. The van der Waals surface area contributed by atoms with Crippen LogP contribution >= 0.6 is 0 Å². The highest BCUT2D eigenvalue weighted by Crippen LogP contribution is 2.31. The molecule has 0 heterocycles. The number of nitro groups is 1. The third-order valence-electron chi connectivity index (χ3n) is 3.76. The van der Waals surface area contributed by atoms with Crippen LogP contribution < -0.4 is 10.6 Å². The Morgan fingerprint density at radius 2 is 1.92 bits per heavy atom. The van der Waals surface area contributed by atoms with Crippen molar-refractivity contribution in [1.29, 1.82) is 0 Å². The van der Waals surface area contributed by atoms with Gasteiger partial charge in [0.2, 0.25) is 0 Å². The molecular formula is C17H16FN3O3. The number of nitrogens with one attached hydrogen (secondary N) is 2. The molecule has 2 aromatic rings. The van der Waals surface area contributed by atoms with Gasteiger partial charge in [0, 0.05) is 24.2 Å². The van der Waals surface area contributed by atoms with Gasteiger partial charge in [0.1, 0.15) is 11.5 Å². The van der Waals surface area contributed by atoms with Crippen LogP contribution in [-0.2, 0) is 6.54 Å². The van der Waals surface area contributed by atoms with E-state index < -0.39 is 10.8 Å². The number of anilines is 1. The molecule has 0 saturated heterocycles. The maximum Gasteiger partial charge on any atom is 0.293 e. The molecule has 6 nitrogen and oxygen atoms in total. The monoisotopic (exact) mass is 329 g/mol. The maximum atomic E-state index is 12.8. The van der Waals surface area contributed by atoms with E-state index in [2.05, 4.69) is 10.6 Å². The molecule has 0 aliphatic heterocycles. The molecule has 0 atom stereocenters. The lowest BCUT2D eigenvalue weighted by molar-refractivity contribution is -0.384. The summed E-state index contributed by atoms with van der Waals surface area (Å²) in [5.41, 5.74) is 1.27. The highest BCUT2D eigenvalue weighted by Gasteiger charge is 2.25. The summed E-state index contributed by atoms with van der Waals surface area (Å²) < 4.78 is 12.8. The minimum Gasteiger partial charge on any atom is -0.377 e. The minimum atomic E-state index is -0.499. The van der Waals surface area contributed by atoms with E-state index >= 15 is 0 Å². The fourth-order valence-electron chi connectivity index (χ4n) is 2.28. The number of carbonyl (C=O) groups is 1. The fourth-order valence-corrected chi connectivity index (χ4v) is 2.28. The maximum absolute atomic E-state index is 12.8. The van der Waals surface area contributed by atoms with Gasteiger partial charge in [-0.1, -0.05) is 12.1 Å². The molecule has 0 bridgehead atoms. The van der Waals surface area contributed by atoms with Crippen LogP contribution in [0.5, 0.6) is 0 Å². The van der Waals surface area contributed by atoms with E-state index in [1.54, 1.807) is 24.3 Å². The Morgan fingerprint density at radius 3 is 2.54 bits per heavy atom. The number of hydrogen-bond donors (Lipinski definition) is 2. The van der Waals surface area contributed by atoms with Gasteiger partial charge in [-0.15, -0.1) is 0 Å². The van der Waals surface area contributed by atoms with Gasteiger partial charge in [0.25, 0.3) is 11.6 Å². The zero-order valence-electron chi connectivity index (χ0n) is 12.8. The Bertz CT molecular complexity index is 773. The normalized spacial score (nSPS) is 13.4. The summed E-state index contributed by atoms with van der Waals surface area (Å²) in [6.45, 7) is 0.217. The van der Waals surface area contributed by atoms with Gasteiger partial charge in [-0.3, -0.25) is 14.9 Å². The molecule has 0 spiro atoms. The smallest absolute Gasteiger partial charge is 0.293 e. The van der Waals surface area contributed by atoms with Crippen LogP contribution in [0.4, 0.5) is 15.8 Å². The first kappa shape index (κ1) is 15.9. The van der Waals surface area contributed by atoms with Crippen molar-refractivity contribution in [3.05, 3.63) is 69.5 Å². The second-order valence-corrected chi connectivity index (χ2v) is 5.72. The summed E-state index contributed by atoms with van der Waals surface area (Å²) in [4.78, 5) is 22.9. The number of hydrogen-bond acceptors (Lipinski definition) is 4. The van der Waals surface area contributed by atoms with Crippen LogP contribution in [0.1, 0.15) is 28.8 Å². The van der Waals surface area contributed by atoms with Crippen molar-refractivity contribution < 1.29 is 14.1 Å². The second kappa shape index (κ2) is 6.66. The van der Waals surface area contributed by atoms with Crippen LogP contribution in [0.2, 0.25) is 0 Å². The molecule has 0 aromatic heterocycles. The molecule has 24 heavy (non-hydrogen) atoms. The molecule has 1 saturated carbocycles. The summed E-state index contributed by atoms with van der Waals surface area (Å²) in [5, 5.41) is 17.0. The summed E-state index contributed by atoms with van der Waals surface area (Å²) >= 11 is 0. The number of carbonyl (C=O) groups excluding carboxylic acids is 1. The van der Waals surface area contributed by atoms with Gasteiger partial charge in [-0.25, -0.2) is 4.39 Å². The topological polar surface area (TPSA) is 84.3 Å². The highest BCUT2D eigenvalue weighted by atomic mass is 19.1. The van der Waals surface area contributed by atoms with Crippen molar-refractivity contribution in [3.8, 4) is 0 Å². The summed E-state index contributed by atoms with van der Waals surface area (Å²) in [6, 6.07) is 10.4. The fraction of sp³-hybridized carbons (Fsp3) is 0.235. The highest BCUT2D eigenvalue weighted by molar-refractivity contribution is 5.95. The Morgan fingerprint density at radius 1 is 1.21 bits per heavy atom. The molecule has 2 aromatic carbocycles. The molecule has 1 aliphatic rings. The van der Waals surface area contributed by atoms with Crippen molar-refractivity contribution >= 4 is 17.3 Å². The Balaban J connectivity index is 1.70. The van der Waals surface area contributed by atoms with Gasteiger partial charge in [-0.2, -0.15) is 0 Å². The van der Waals surface area contributed by atoms with Crippen molar-refractivity contribution in [3.63, 3.8) is 0 Å². The number of benzene rings is 2. The van der Waals surface area contributed by atoms with Gasteiger partial charge in [-0.05, 0) is 42.7 Å². The average Bonchev–Trinajstić information content (AvgIpc) is 3.38. The van der Waals surface area contributed by atoms with E-state index in [0.29, 0.717) is 5.69 Å². The van der Waals surface area contributed by atoms with Crippen LogP contribution in [0, 0.1) is 15.9 Å². The molecule has 7 heteroatoms. The molecule has 0 radical (unpaired) electrons. The Kier molecular flexibility index (Phi) is 4.41. The lowest BCUT2D eigenvalue weighted by Gasteiger charge is -2.09. The Labute approximate surface area is 137 Å². The predicted octanol–water partition coefficient (Wildman–Crippen LogP) is 3.24. The van der Waals surface area contributed by atoms with E-state index in [4.69, 9.17) is 0 Å². The zero-order valence-corrected chi connectivity index (χ0v) is 12.8. The standard InChI is InChI=1S/C17H16FN3O3/c18-13-4-1-11(2-5-13)10-19-17(22)12-3-8-15(20-14-6-7-14)16(9-12)21(23)24/h1-5,8-9,14,20H,6-7,10H2,(H,19,22). The van der Waals surface area contributed by atoms with Gasteiger partial charge < -0.3 is 10.6 Å². The average molecular weight is 329 g/mol. The van der Waals surface area contributed by atoms with E-state index in [1.165, 1.54) is 18.2 Å². The van der Waals surface area contributed by atoms with Crippen LogP contribution in [0.25, 0.3) is 0 Å². The number of nitro benzene ring substituents is 1. The third kappa shape index (κ3) is 3.87. The molecule has 1 amide bonds.